The zero-order chi connectivity index (χ0) is 19.4. The van der Waals surface area contributed by atoms with E-state index in [4.69, 9.17) is 4.74 Å². The van der Waals surface area contributed by atoms with E-state index in [2.05, 4.69) is 4.72 Å². The number of anilines is 1. The van der Waals surface area contributed by atoms with Gasteiger partial charge in [-0.3, -0.25) is 14.8 Å². The van der Waals surface area contributed by atoms with E-state index in [9.17, 15) is 18.5 Å². The second kappa shape index (κ2) is 7.46. The molecule has 0 heterocycles. The van der Waals surface area contributed by atoms with Crippen molar-refractivity contribution >= 4 is 21.4 Å². The SMILES string of the molecule is COc1cc([N+](=O)[O-])ccc1S(=O)(=O)Nc1ccccc1-c1ccccc1. The highest BCUT2D eigenvalue weighted by Crippen LogP contribution is 2.33. The largest absolute Gasteiger partial charge is 0.495 e. The summed E-state index contributed by atoms with van der Waals surface area (Å²) in [5, 5.41) is 10.9. The molecule has 3 rings (SSSR count). The third-order valence-electron chi connectivity index (χ3n) is 3.90. The summed E-state index contributed by atoms with van der Waals surface area (Å²) in [5.74, 6) is -0.103. The van der Waals surface area contributed by atoms with Gasteiger partial charge in [-0.2, -0.15) is 0 Å². The lowest BCUT2D eigenvalue weighted by molar-refractivity contribution is -0.385. The Balaban J connectivity index is 2.03. The minimum absolute atomic E-state index is 0.103. The third-order valence-corrected chi connectivity index (χ3v) is 5.31. The fraction of sp³-hybridized carbons (Fsp3) is 0.0526. The van der Waals surface area contributed by atoms with Crippen molar-refractivity contribution in [2.75, 3.05) is 11.8 Å². The van der Waals surface area contributed by atoms with Crippen LogP contribution in [0.4, 0.5) is 11.4 Å². The molecule has 0 saturated heterocycles. The summed E-state index contributed by atoms with van der Waals surface area (Å²) in [7, 11) is -2.77. The topological polar surface area (TPSA) is 98.5 Å². The van der Waals surface area contributed by atoms with Crippen molar-refractivity contribution in [2.24, 2.45) is 0 Å². The Hall–Kier alpha value is -3.39. The number of nitrogens with one attached hydrogen (secondary N) is 1. The Bertz CT molecular complexity index is 1080. The van der Waals surface area contributed by atoms with Gasteiger partial charge in [-0.25, -0.2) is 8.42 Å². The lowest BCUT2D eigenvalue weighted by Crippen LogP contribution is -2.15. The van der Waals surface area contributed by atoms with E-state index < -0.39 is 14.9 Å². The number of sulfonamides is 1. The van der Waals surface area contributed by atoms with E-state index in [1.165, 1.54) is 7.11 Å². The van der Waals surface area contributed by atoms with Gasteiger partial charge in [0.1, 0.15) is 10.6 Å². The van der Waals surface area contributed by atoms with Crippen LogP contribution in [-0.2, 0) is 10.0 Å². The fourth-order valence-corrected chi connectivity index (χ4v) is 3.86. The van der Waals surface area contributed by atoms with E-state index in [1.54, 1.807) is 18.2 Å². The van der Waals surface area contributed by atoms with Gasteiger partial charge < -0.3 is 4.74 Å². The minimum atomic E-state index is -4.03. The van der Waals surface area contributed by atoms with Gasteiger partial charge in [0.25, 0.3) is 15.7 Å². The summed E-state index contributed by atoms with van der Waals surface area (Å²) in [5.41, 5.74) is 1.70. The standard InChI is InChI=1S/C19H16N2O5S/c1-26-18-13-15(21(22)23)11-12-19(18)27(24,25)20-17-10-6-5-9-16(17)14-7-3-2-4-8-14/h2-13,20H,1H3. The molecule has 0 saturated carbocycles. The molecule has 0 bridgehead atoms. The number of hydrogen-bond donors (Lipinski definition) is 1. The van der Waals surface area contributed by atoms with Gasteiger partial charge in [-0.15, -0.1) is 0 Å². The Morgan fingerprint density at radius 2 is 1.63 bits per heavy atom. The first-order valence-electron chi connectivity index (χ1n) is 7.92. The predicted octanol–water partition coefficient (Wildman–Crippen LogP) is 4.07. The molecule has 3 aromatic carbocycles. The number of methoxy groups -OCH3 is 1. The molecule has 27 heavy (non-hydrogen) atoms. The number of para-hydroxylation sites is 1. The highest BCUT2D eigenvalue weighted by atomic mass is 32.2. The molecular formula is C19H16N2O5S. The summed E-state index contributed by atoms with van der Waals surface area (Å²) in [6, 6.07) is 19.7. The van der Waals surface area contributed by atoms with Crippen molar-refractivity contribution in [1.29, 1.82) is 0 Å². The summed E-state index contributed by atoms with van der Waals surface area (Å²) >= 11 is 0. The van der Waals surface area contributed by atoms with Gasteiger partial charge in [0.15, 0.2) is 0 Å². The van der Waals surface area contributed by atoms with Crippen LogP contribution < -0.4 is 9.46 Å². The van der Waals surface area contributed by atoms with Crippen LogP contribution in [0.3, 0.4) is 0 Å². The van der Waals surface area contributed by atoms with Crippen molar-refractivity contribution < 1.29 is 18.1 Å². The average Bonchev–Trinajstić information content (AvgIpc) is 2.68. The smallest absolute Gasteiger partial charge is 0.273 e. The van der Waals surface area contributed by atoms with E-state index >= 15 is 0 Å². The van der Waals surface area contributed by atoms with Crippen LogP contribution in [-0.4, -0.2) is 20.5 Å². The van der Waals surface area contributed by atoms with Gasteiger partial charge in [0, 0.05) is 11.6 Å². The molecule has 0 radical (unpaired) electrons. The maximum absolute atomic E-state index is 12.9. The number of ether oxygens (including phenoxy) is 1. The molecule has 0 spiro atoms. The highest BCUT2D eigenvalue weighted by molar-refractivity contribution is 7.92. The zero-order valence-electron chi connectivity index (χ0n) is 14.3. The number of non-ortho nitro benzene ring substituents is 1. The second-order valence-corrected chi connectivity index (χ2v) is 7.26. The molecule has 0 amide bonds. The van der Waals surface area contributed by atoms with Crippen LogP contribution in [0.2, 0.25) is 0 Å². The van der Waals surface area contributed by atoms with Crippen LogP contribution in [0.5, 0.6) is 5.75 Å². The summed E-state index contributed by atoms with van der Waals surface area (Å²) < 4.78 is 33.4. The van der Waals surface area contributed by atoms with Crippen molar-refractivity contribution in [1.82, 2.24) is 0 Å². The van der Waals surface area contributed by atoms with Crippen molar-refractivity contribution in [3.05, 3.63) is 82.9 Å². The molecule has 0 fully saturated rings. The summed E-state index contributed by atoms with van der Waals surface area (Å²) in [6.45, 7) is 0. The van der Waals surface area contributed by atoms with E-state index in [1.807, 2.05) is 36.4 Å². The van der Waals surface area contributed by atoms with Crippen molar-refractivity contribution in [3.8, 4) is 16.9 Å². The molecular weight excluding hydrogens is 368 g/mol. The number of nitro benzene ring substituents is 1. The maximum Gasteiger partial charge on any atom is 0.273 e. The Morgan fingerprint density at radius 3 is 2.30 bits per heavy atom. The lowest BCUT2D eigenvalue weighted by Gasteiger charge is -2.14. The molecule has 0 aliphatic carbocycles. The number of benzene rings is 3. The molecule has 0 atom stereocenters. The Morgan fingerprint density at radius 1 is 0.963 bits per heavy atom. The molecule has 3 aromatic rings. The molecule has 0 aromatic heterocycles. The summed E-state index contributed by atoms with van der Waals surface area (Å²) in [6.07, 6.45) is 0. The normalized spacial score (nSPS) is 11.0. The second-order valence-electron chi connectivity index (χ2n) is 5.61. The van der Waals surface area contributed by atoms with Gasteiger partial charge in [-0.1, -0.05) is 48.5 Å². The van der Waals surface area contributed by atoms with Crippen LogP contribution in [0, 0.1) is 10.1 Å². The highest BCUT2D eigenvalue weighted by Gasteiger charge is 2.23. The van der Waals surface area contributed by atoms with Crippen molar-refractivity contribution in [3.63, 3.8) is 0 Å². The van der Waals surface area contributed by atoms with Gasteiger partial charge in [-0.05, 0) is 17.7 Å². The van der Waals surface area contributed by atoms with E-state index in [0.717, 1.165) is 23.8 Å². The minimum Gasteiger partial charge on any atom is -0.495 e. The van der Waals surface area contributed by atoms with Crippen LogP contribution in [0.25, 0.3) is 11.1 Å². The van der Waals surface area contributed by atoms with Crippen LogP contribution in [0.1, 0.15) is 0 Å². The first-order chi connectivity index (χ1) is 12.9. The fourth-order valence-electron chi connectivity index (χ4n) is 2.63. The number of hydrogen-bond acceptors (Lipinski definition) is 5. The maximum atomic E-state index is 12.9. The molecule has 138 valence electrons. The Labute approximate surface area is 156 Å². The van der Waals surface area contributed by atoms with E-state index in [-0.39, 0.29) is 16.3 Å². The van der Waals surface area contributed by atoms with Gasteiger partial charge >= 0.3 is 0 Å². The quantitative estimate of drug-likeness (QED) is 0.510. The molecule has 0 aliphatic heterocycles. The van der Waals surface area contributed by atoms with Crippen LogP contribution in [0.15, 0.2) is 77.7 Å². The number of nitro groups is 1. The molecule has 0 unspecified atom stereocenters. The molecule has 7 nitrogen and oxygen atoms in total. The van der Waals surface area contributed by atoms with Gasteiger partial charge in [0.2, 0.25) is 0 Å². The molecule has 1 N–H and O–H groups in total. The molecule has 0 aliphatic rings. The molecule has 8 heteroatoms. The van der Waals surface area contributed by atoms with Crippen molar-refractivity contribution in [2.45, 2.75) is 4.90 Å². The summed E-state index contributed by atoms with van der Waals surface area (Å²) in [4.78, 5) is 10.1. The first-order valence-corrected chi connectivity index (χ1v) is 9.40. The zero-order valence-corrected chi connectivity index (χ0v) is 15.1. The number of rotatable bonds is 6. The third kappa shape index (κ3) is 3.90. The first kappa shape index (κ1) is 18.4. The monoisotopic (exact) mass is 384 g/mol. The number of nitrogens with zero attached hydrogens (tertiary/aromatic N) is 1. The predicted molar refractivity (Wildman–Crippen MR) is 102 cm³/mol. The van der Waals surface area contributed by atoms with Gasteiger partial charge in [0.05, 0.1) is 23.8 Å². The van der Waals surface area contributed by atoms with E-state index in [0.29, 0.717) is 11.3 Å². The Kier molecular flexibility index (Phi) is 5.09. The average molecular weight is 384 g/mol. The van der Waals surface area contributed by atoms with Crippen LogP contribution >= 0.6 is 0 Å². The lowest BCUT2D eigenvalue weighted by atomic mass is 10.0.